The Balaban J connectivity index is 3.29. The quantitative estimate of drug-likeness (QED) is 0.519. The molecule has 41 valence electrons. The maximum Gasteiger partial charge on any atom is 0.0109 e. The molecule has 0 saturated heterocycles. The van der Waals surface area contributed by atoms with Gasteiger partial charge in [-0.15, -0.1) is 0 Å². The first-order valence-corrected chi connectivity index (χ1v) is 3.08. The first-order valence-electron chi connectivity index (χ1n) is 2.67. The van der Waals surface area contributed by atoms with Gasteiger partial charge < -0.3 is 0 Å². The van der Waals surface area contributed by atoms with Gasteiger partial charge in [-0.25, -0.2) is 0 Å². The van der Waals surface area contributed by atoms with E-state index in [1.165, 1.54) is 0 Å². The summed E-state index contributed by atoms with van der Waals surface area (Å²) in [5.74, 6) is 0. The van der Waals surface area contributed by atoms with Gasteiger partial charge in [-0.05, 0) is 12.8 Å². The molecule has 0 rings (SSSR count). The van der Waals surface area contributed by atoms with Crippen LogP contribution in [0.2, 0.25) is 0 Å². The molecular formula is C6H11S. The highest BCUT2D eigenvalue weighted by Gasteiger charge is 1.79. The van der Waals surface area contributed by atoms with Gasteiger partial charge in [0.1, 0.15) is 0 Å². The summed E-state index contributed by atoms with van der Waals surface area (Å²) in [6.07, 6.45) is 4.17. The van der Waals surface area contributed by atoms with Gasteiger partial charge in [0.05, 0.1) is 0 Å². The average molecular weight is 115 g/mol. The monoisotopic (exact) mass is 115 g/mol. The van der Waals surface area contributed by atoms with Crippen LogP contribution in [0.15, 0.2) is 11.0 Å². The van der Waals surface area contributed by atoms with Gasteiger partial charge in [-0.1, -0.05) is 32.6 Å². The van der Waals surface area contributed by atoms with Crippen LogP contribution < -0.4 is 0 Å². The Morgan fingerprint density at radius 3 is 2.29 bits per heavy atom. The summed E-state index contributed by atoms with van der Waals surface area (Å²) < 4.78 is 0. The van der Waals surface area contributed by atoms with Crippen molar-refractivity contribution >= 4 is 12.6 Å². The molecule has 0 N–H and O–H groups in total. The van der Waals surface area contributed by atoms with Crippen LogP contribution in [0.3, 0.4) is 0 Å². The zero-order chi connectivity index (χ0) is 5.70. The third kappa shape index (κ3) is 3.80. The highest BCUT2D eigenvalue weighted by molar-refractivity contribution is 7.84. The number of hydrogen-bond donors (Lipinski definition) is 0. The van der Waals surface area contributed by atoms with Gasteiger partial charge in [0.25, 0.3) is 0 Å². The Bertz CT molecular complexity index is 64.6. The Labute approximate surface area is 51.0 Å². The molecule has 1 radical (unpaired) electrons. The SMILES string of the molecule is CC/C=C(/[S])CC. The lowest BCUT2D eigenvalue weighted by Crippen LogP contribution is -1.63. The maximum absolute atomic E-state index is 4.90. The minimum absolute atomic E-state index is 1.02. The third-order valence-corrected chi connectivity index (χ3v) is 1.24. The van der Waals surface area contributed by atoms with E-state index in [4.69, 9.17) is 12.6 Å². The van der Waals surface area contributed by atoms with Crippen molar-refractivity contribution in [2.75, 3.05) is 0 Å². The molecule has 1 heteroatoms. The third-order valence-electron chi connectivity index (χ3n) is 0.780. The highest BCUT2D eigenvalue weighted by atomic mass is 32.1. The fourth-order valence-corrected chi connectivity index (χ4v) is 0.539. The molecule has 0 aromatic heterocycles. The second-order valence-electron chi connectivity index (χ2n) is 1.43. The van der Waals surface area contributed by atoms with Crippen molar-refractivity contribution in [3.63, 3.8) is 0 Å². The summed E-state index contributed by atoms with van der Waals surface area (Å²) in [5.41, 5.74) is 0. The molecule has 0 amide bonds. The maximum atomic E-state index is 4.90. The predicted molar refractivity (Wildman–Crippen MR) is 36.3 cm³/mol. The molecule has 0 bridgehead atoms. The van der Waals surface area contributed by atoms with Crippen molar-refractivity contribution in [1.29, 1.82) is 0 Å². The fourth-order valence-electron chi connectivity index (χ4n) is 0.372. The fraction of sp³-hybridized carbons (Fsp3) is 0.667. The van der Waals surface area contributed by atoms with E-state index in [-0.39, 0.29) is 0 Å². The summed E-state index contributed by atoms with van der Waals surface area (Å²) in [6.45, 7) is 4.18. The van der Waals surface area contributed by atoms with Crippen molar-refractivity contribution in [2.24, 2.45) is 0 Å². The van der Waals surface area contributed by atoms with E-state index >= 15 is 0 Å². The van der Waals surface area contributed by atoms with E-state index in [1.54, 1.807) is 0 Å². The van der Waals surface area contributed by atoms with Crippen LogP contribution in [0, 0.1) is 0 Å². The second-order valence-corrected chi connectivity index (χ2v) is 1.96. The van der Waals surface area contributed by atoms with Crippen LogP contribution in [-0.4, -0.2) is 0 Å². The lowest BCUT2D eigenvalue weighted by molar-refractivity contribution is 1.14. The van der Waals surface area contributed by atoms with E-state index in [2.05, 4.69) is 19.9 Å². The molecule has 0 aromatic carbocycles. The standard InChI is InChI=1S/C6H11S/c1-3-5-6(7)4-2/h5H,3-4H2,1-2H3/b6-5+. The van der Waals surface area contributed by atoms with E-state index in [1.807, 2.05) is 0 Å². The molecule has 0 nitrogen and oxygen atoms in total. The summed E-state index contributed by atoms with van der Waals surface area (Å²) in [7, 11) is 0. The Kier molecular flexibility index (Phi) is 4.10. The minimum atomic E-state index is 1.02. The normalized spacial score (nSPS) is 12.0. The largest absolute Gasteiger partial charge is 0.0853 e. The van der Waals surface area contributed by atoms with Crippen LogP contribution in [0.4, 0.5) is 0 Å². The molecule has 0 saturated carbocycles. The van der Waals surface area contributed by atoms with Crippen LogP contribution in [-0.2, 0) is 0 Å². The lowest BCUT2D eigenvalue weighted by Gasteiger charge is -1.85. The second kappa shape index (κ2) is 4.13. The molecular weight excluding hydrogens is 104 g/mol. The number of rotatable bonds is 2. The Morgan fingerprint density at radius 2 is 2.14 bits per heavy atom. The van der Waals surface area contributed by atoms with Crippen LogP contribution >= 0.6 is 12.6 Å². The Morgan fingerprint density at radius 1 is 1.57 bits per heavy atom. The molecule has 0 heterocycles. The molecule has 0 unspecified atom stereocenters. The smallest absolute Gasteiger partial charge is 0.0109 e. The van der Waals surface area contributed by atoms with Crippen LogP contribution in [0.5, 0.6) is 0 Å². The predicted octanol–water partition coefficient (Wildman–Crippen LogP) is 2.89. The first kappa shape index (κ1) is 6.96. The topological polar surface area (TPSA) is 0 Å². The molecule has 7 heavy (non-hydrogen) atoms. The van der Waals surface area contributed by atoms with Crippen LogP contribution in [0.1, 0.15) is 26.7 Å². The van der Waals surface area contributed by atoms with Crippen LogP contribution in [0.25, 0.3) is 0 Å². The molecule has 0 aliphatic rings. The summed E-state index contributed by atoms with van der Waals surface area (Å²) in [6, 6.07) is 0. The van der Waals surface area contributed by atoms with Gasteiger partial charge in [-0.3, -0.25) is 0 Å². The van der Waals surface area contributed by atoms with Gasteiger partial charge in [0, 0.05) is 4.91 Å². The van der Waals surface area contributed by atoms with E-state index in [0.717, 1.165) is 17.7 Å². The van der Waals surface area contributed by atoms with Gasteiger partial charge in [0.15, 0.2) is 0 Å². The summed E-state index contributed by atoms with van der Waals surface area (Å²) in [5, 5.41) is 0. The van der Waals surface area contributed by atoms with Crippen molar-refractivity contribution in [3.8, 4) is 0 Å². The molecule has 0 aromatic rings. The Hall–Kier alpha value is -0.0400. The molecule has 0 fully saturated rings. The van der Waals surface area contributed by atoms with Crippen molar-refractivity contribution in [2.45, 2.75) is 26.7 Å². The van der Waals surface area contributed by atoms with Crippen molar-refractivity contribution in [1.82, 2.24) is 0 Å². The lowest BCUT2D eigenvalue weighted by atomic mass is 10.3. The zero-order valence-electron chi connectivity index (χ0n) is 4.90. The first-order chi connectivity index (χ1) is 3.31. The summed E-state index contributed by atoms with van der Waals surface area (Å²) in [4.78, 5) is 1.09. The molecule has 0 atom stereocenters. The van der Waals surface area contributed by atoms with Gasteiger partial charge in [-0.2, -0.15) is 0 Å². The zero-order valence-corrected chi connectivity index (χ0v) is 5.72. The highest BCUT2D eigenvalue weighted by Crippen LogP contribution is 2.04. The number of hydrogen-bond acceptors (Lipinski definition) is 0. The summed E-state index contributed by atoms with van der Waals surface area (Å²) >= 11 is 4.90. The van der Waals surface area contributed by atoms with Crippen molar-refractivity contribution in [3.05, 3.63) is 11.0 Å². The van der Waals surface area contributed by atoms with E-state index < -0.39 is 0 Å². The minimum Gasteiger partial charge on any atom is -0.0853 e. The van der Waals surface area contributed by atoms with E-state index in [9.17, 15) is 0 Å². The molecule has 0 aliphatic carbocycles. The molecule has 0 spiro atoms. The van der Waals surface area contributed by atoms with Gasteiger partial charge >= 0.3 is 0 Å². The van der Waals surface area contributed by atoms with E-state index in [0.29, 0.717) is 0 Å². The number of allylic oxidation sites excluding steroid dienone is 2. The van der Waals surface area contributed by atoms with Crippen molar-refractivity contribution < 1.29 is 0 Å². The van der Waals surface area contributed by atoms with Gasteiger partial charge in [0.2, 0.25) is 0 Å². The molecule has 0 aliphatic heterocycles. The average Bonchev–Trinajstić information content (AvgIpc) is 1.68.